The largest absolute Gasteiger partial charge is 0.460 e. The lowest BCUT2D eigenvalue weighted by atomic mass is 10.0. The average molecular weight is 379 g/mol. The molecule has 0 aliphatic carbocycles. The molecule has 4 nitrogen and oxygen atoms in total. The molecule has 25 heavy (non-hydrogen) atoms. The Labute approximate surface area is 132 Å². The molecule has 0 saturated heterocycles. The first-order chi connectivity index (χ1) is 11.2. The van der Waals surface area contributed by atoms with E-state index >= 15 is 0 Å². The van der Waals surface area contributed by atoms with Crippen LogP contribution in [-0.4, -0.2) is 39.8 Å². The van der Waals surface area contributed by atoms with Gasteiger partial charge in [-0.1, -0.05) is 12.1 Å². The van der Waals surface area contributed by atoms with Crippen molar-refractivity contribution in [3.05, 3.63) is 24.3 Å². The lowest BCUT2D eigenvalue weighted by Gasteiger charge is -2.32. The Morgan fingerprint density at radius 1 is 0.920 bits per heavy atom. The van der Waals surface area contributed by atoms with E-state index in [1.165, 1.54) is 24.3 Å². The van der Waals surface area contributed by atoms with Crippen molar-refractivity contribution in [3.63, 3.8) is 0 Å². The van der Waals surface area contributed by atoms with Crippen LogP contribution in [0.3, 0.4) is 0 Å². The number of para-hydroxylation sites is 2. The second kappa shape index (κ2) is 5.52. The fourth-order valence-corrected chi connectivity index (χ4v) is 1.72. The zero-order chi connectivity index (χ0) is 19.3. The summed E-state index contributed by atoms with van der Waals surface area (Å²) in [6, 6.07) is 5.58. The van der Waals surface area contributed by atoms with E-state index in [2.05, 4.69) is 9.97 Å². The van der Waals surface area contributed by atoms with Gasteiger partial charge in [0.25, 0.3) is 0 Å². The molecule has 0 saturated carbocycles. The molecule has 13 heteroatoms. The van der Waals surface area contributed by atoms with Crippen molar-refractivity contribution in [2.75, 3.05) is 5.32 Å². The second-order valence-electron chi connectivity index (χ2n) is 4.78. The standard InChI is InChI=1S/C12H6F9N3O/c13-9(14,10(15,16)11(17,18)12(19,20)21)7(25)24-8-22-5-3-1-2-4-6(5)23-8/h1-4H,(H2,22,23,24,25). The Bertz CT molecular complexity index is 763. The number of fused-ring (bicyclic) bond motifs is 1. The molecule has 0 spiro atoms. The highest BCUT2D eigenvalue weighted by atomic mass is 19.4. The normalized spacial score (nSPS) is 14.0. The number of amides is 1. The predicted molar refractivity (Wildman–Crippen MR) is 65.6 cm³/mol. The number of benzene rings is 1. The van der Waals surface area contributed by atoms with Gasteiger partial charge in [0.2, 0.25) is 5.95 Å². The maximum absolute atomic E-state index is 13.4. The monoisotopic (exact) mass is 379 g/mol. The SMILES string of the molecule is O=C(Nc1nc2ccccc2[nH]1)C(F)(F)C(F)(F)C(F)(F)C(F)(F)F. The van der Waals surface area contributed by atoms with E-state index in [-0.39, 0.29) is 11.0 Å². The molecule has 2 aromatic rings. The second-order valence-corrected chi connectivity index (χ2v) is 4.78. The molecule has 0 bridgehead atoms. The average Bonchev–Trinajstić information content (AvgIpc) is 2.87. The number of nitrogens with one attached hydrogen (secondary N) is 2. The molecule has 1 aromatic heterocycles. The van der Waals surface area contributed by atoms with Crippen molar-refractivity contribution < 1.29 is 44.3 Å². The quantitative estimate of drug-likeness (QED) is 0.790. The first kappa shape index (κ1) is 18.9. The molecule has 0 aliphatic rings. The topological polar surface area (TPSA) is 57.8 Å². The molecule has 138 valence electrons. The summed E-state index contributed by atoms with van der Waals surface area (Å²) in [6.45, 7) is 0. The Hall–Kier alpha value is -2.47. The highest BCUT2D eigenvalue weighted by Crippen LogP contribution is 2.53. The van der Waals surface area contributed by atoms with Gasteiger partial charge in [0.15, 0.2) is 0 Å². The van der Waals surface area contributed by atoms with Gasteiger partial charge in [0.1, 0.15) is 0 Å². The summed E-state index contributed by atoms with van der Waals surface area (Å²) in [7, 11) is 0. The van der Waals surface area contributed by atoms with E-state index in [4.69, 9.17) is 0 Å². The lowest BCUT2D eigenvalue weighted by Crippen LogP contribution is -2.64. The van der Waals surface area contributed by atoms with Crippen LogP contribution in [0.15, 0.2) is 24.3 Å². The van der Waals surface area contributed by atoms with Gasteiger partial charge in [-0.25, -0.2) is 4.98 Å². The van der Waals surface area contributed by atoms with Gasteiger partial charge < -0.3 is 4.98 Å². The number of halogens is 9. The molecule has 2 N–H and O–H groups in total. The number of aromatic nitrogens is 2. The molecule has 0 atom stereocenters. The third-order valence-electron chi connectivity index (χ3n) is 3.05. The molecule has 0 fully saturated rings. The maximum atomic E-state index is 13.4. The Morgan fingerprint density at radius 2 is 1.48 bits per heavy atom. The zero-order valence-corrected chi connectivity index (χ0v) is 11.6. The number of hydrogen-bond donors (Lipinski definition) is 2. The van der Waals surface area contributed by atoms with Gasteiger partial charge in [-0.05, 0) is 12.1 Å². The molecule has 1 amide bonds. The van der Waals surface area contributed by atoms with Crippen molar-refractivity contribution >= 4 is 22.9 Å². The van der Waals surface area contributed by atoms with E-state index in [0.29, 0.717) is 0 Å². The molecule has 0 aliphatic heterocycles. The van der Waals surface area contributed by atoms with E-state index in [0.717, 1.165) is 5.32 Å². The predicted octanol–water partition coefficient (Wildman–Crippen LogP) is 3.97. The first-order valence-corrected chi connectivity index (χ1v) is 6.18. The minimum Gasteiger partial charge on any atom is -0.324 e. The number of imidazole rings is 1. The minimum absolute atomic E-state index is 0.0912. The number of carbonyl (C=O) groups is 1. The van der Waals surface area contributed by atoms with Crippen molar-refractivity contribution in [1.82, 2.24) is 9.97 Å². The molecular formula is C12H6F9N3O. The summed E-state index contributed by atoms with van der Waals surface area (Å²) >= 11 is 0. The van der Waals surface area contributed by atoms with Crippen molar-refractivity contribution in [2.24, 2.45) is 0 Å². The number of aromatic amines is 1. The van der Waals surface area contributed by atoms with Gasteiger partial charge in [-0.2, -0.15) is 39.5 Å². The Balaban J connectivity index is 2.32. The van der Waals surface area contributed by atoms with Gasteiger partial charge in [-0.15, -0.1) is 0 Å². The molecule has 0 radical (unpaired) electrons. The van der Waals surface area contributed by atoms with Crippen LogP contribution < -0.4 is 5.32 Å². The highest BCUT2D eigenvalue weighted by Gasteiger charge is 2.83. The van der Waals surface area contributed by atoms with Crippen LogP contribution in [0.2, 0.25) is 0 Å². The summed E-state index contributed by atoms with van der Waals surface area (Å²) in [5.41, 5.74) is 0.252. The summed E-state index contributed by atoms with van der Waals surface area (Å²) in [5.74, 6) is -24.5. The van der Waals surface area contributed by atoms with Crippen molar-refractivity contribution in [3.8, 4) is 0 Å². The Kier molecular flexibility index (Phi) is 4.17. The number of H-pyrrole nitrogens is 1. The minimum atomic E-state index is -7.14. The van der Waals surface area contributed by atoms with E-state index in [9.17, 15) is 44.3 Å². The van der Waals surface area contributed by atoms with E-state index in [1.807, 2.05) is 0 Å². The van der Waals surface area contributed by atoms with Crippen LogP contribution in [0.5, 0.6) is 0 Å². The van der Waals surface area contributed by atoms with Crippen LogP contribution in [0.4, 0.5) is 45.5 Å². The van der Waals surface area contributed by atoms with Crippen molar-refractivity contribution in [1.29, 1.82) is 0 Å². The van der Waals surface area contributed by atoms with Gasteiger partial charge in [-0.3, -0.25) is 10.1 Å². The molecule has 2 rings (SSSR count). The summed E-state index contributed by atoms with van der Waals surface area (Å²) in [6.07, 6.45) is -7.00. The van der Waals surface area contributed by atoms with Crippen LogP contribution >= 0.6 is 0 Å². The Morgan fingerprint density at radius 3 is 2.00 bits per heavy atom. The number of nitrogens with zero attached hydrogens (tertiary/aromatic N) is 1. The zero-order valence-electron chi connectivity index (χ0n) is 11.6. The van der Waals surface area contributed by atoms with Crippen LogP contribution in [0.1, 0.15) is 0 Å². The number of anilines is 1. The molecule has 1 aromatic carbocycles. The van der Waals surface area contributed by atoms with E-state index in [1.54, 1.807) is 0 Å². The van der Waals surface area contributed by atoms with Gasteiger partial charge >= 0.3 is 29.9 Å². The van der Waals surface area contributed by atoms with Gasteiger partial charge in [0.05, 0.1) is 11.0 Å². The van der Waals surface area contributed by atoms with Gasteiger partial charge in [0, 0.05) is 0 Å². The summed E-state index contributed by atoms with van der Waals surface area (Å²) < 4.78 is 114. The number of hydrogen-bond acceptors (Lipinski definition) is 2. The lowest BCUT2D eigenvalue weighted by molar-refractivity contribution is -0.388. The van der Waals surface area contributed by atoms with Crippen LogP contribution in [0, 0.1) is 0 Å². The molecule has 1 heterocycles. The van der Waals surface area contributed by atoms with Crippen molar-refractivity contribution in [2.45, 2.75) is 23.9 Å². The maximum Gasteiger partial charge on any atom is 0.460 e. The number of carbonyl (C=O) groups excluding carboxylic acids is 1. The number of rotatable bonds is 4. The fraction of sp³-hybridized carbons (Fsp3) is 0.333. The van der Waals surface area contributed by atoms with Crippen LogP contribution in [0.25, 0.3) is 11.0 Å². The summed E-state index contributed by atoms with van der Waals surface area (Å²) in [5, 5.41) is 1.07. The third-order valence-corrected chi connectivity index (χ3v) is 3.05. The highest BCUT2D eigenvalue weighted by molar-refractivity contribution is 5.96. The molecular weight excluding hydrogens is 373 g/mol. The third kappa shape index (κ3) is 2.87. The smallest absolute Gasteiger partial charge is 0.324 e. The first-order valence-electron chi connectivity index (χ1n) is 6.18. The fourth-order valence-electron chi connectivity index (χ4n) is 1.72. The van der Waals surface area contributed by atoms with E-state index < -0.39 is 35.8 Å². The molecule has 0 unspecified atom stereocenters. The van der Waals surface area contributed by atoms with Crippen LogP contribution in [-0.2, 0) is 4.79 Å². The summed E-state index contributed by atoms with van der Waals surface area (Å²) in [4.78, 5) is 16.9. The number of alkyl halides is 9.